The van der Waals surface area contributed by atoms with E-state index < -0.39 is 282 Å². The predicted molar refractivity (Wildman–Crippen MR) is 382 cm³/mol. The number of phosphoric ester groups is 1. The van der Waals surface area contributed by atoms with Gasteiger partial charge in [-0.05, 0) is 63.4 Å². The van der Waals surface area contributed by atoms with Crippen LogP contribution in [-0.4, -0.2) is 272 Å². The minimum atomic E-state index is -5.40. The van der Waals surface area contributed by atoms with Gasteiger partial charge >= 0.3 is 37.7 Å². The third kappa shape index (κ3) is 42.1. The molecule has 0 spiro atoms. The number of aliphatic imine (C=N–C) groups is 1. The number of nitrogens with zero attached hydrogens (tertiary/aromatic N) is 1. The van der Waals surface area contributed by atoms with Crippen LogP contribution in [0.4, 0.5) is 0 Å². The molecule has 11 atom stereocenters. The lowest BCUT2D eigenvalue weighted by Crippen LogP contribution is -2.59. The van der Waals surface area contributed by atoms with Crippen LogP contribution in [0, 0.1) is 11.8 Å². The van der Waals surface area contributed by atoms with Crippen LogP contribution in [0.1, 0.15) is 105 Å². The summed E-state index contributed by atoms with van der Waals surface area (Å²) in [6.07, 6.45) is -5.54. The molecule has 0 aliphatic heterocycles. The molecule has 0 saturated carbocycles. The highest BCUT2D eigenvalue weighted by Gasteiger charge is 2.36. The number of benzene rings is 1. The van der Waals surface area contributed by atoms with E-state index in [-0.39, 0.29) is 38.2 Å². The number of carbonyl (C=O) groups excluding carboxylic acids is 15. The zero-order valence-electron chi connectivity index (χ0n) is 61.7. The monoisotopic (exact) mass is 1620 g/mol. The summed E-state index contributed by atoms with van der Waals surface area (Å²) in [5.74, 6) is -25.9. The van der Waals surface area contributed by atoms with Gasteiger partial charge in [0.1, 0.15) is 60.4 Å². The van der Waals surface area contributed by atoms with Crippen molar-refractivity contribution in [1.82, 2.24) is 79.8 Å². The first-order valence-corrected chi connectivity index (χ1v) is 35.7. The van der Waals surface area contributed by atoms with Gasteiger partial charge in [0.2, 0.25) is 88.6 Å². The summed E-state index contributed by atoms with van der Waals surface area (Å²) in [5, 5.41) is 80.3. The fraction of sp³-hybridized carbons (Fsp3) is 0.571. The van der Waals surface area contributed by atoms with E-state index in [1.807, 2.05) is 21.3 Å². The largest absolute Gasteiger partial charge is 0.481 e. The molecule has 0 radical (unpaired) electrons. The number of nitrogens with one attached hydrogen (secondary N) is 15. The van der Waals surface area contributed by atoms with Crippen LogP contribution < -0.4 is 97.0 Å². The van der Waals surface area contributed by atoms with Crippen molar-refractivity contribution in [3.05, 3.63) is 35.9 Å². The van der Waals surface area contributed by atoms with Gasteiger partial charge in [0.25, 0.3) is 0 Å². The van der Waals surface area contributed by atoms with Crippen LogP contribution >= 0.6 is 7.82 Å². The summed E-state index contributed by atoms with van der Waals surface area (Å²) in [7, 11) is -5.40. The third-order valence-electron chi connectivity index (χ3n) is 15.1. The molecule has 112 heavy (non-hydrogen) atoms. The first kappa shape index (κ1) is 98.0. The van der Waals surface area contributed by atoms with Gasteiger partial charge in [0.15, 0.2) is 5.96 Å². The Hall–Kier alpha value is -12.0. The number of amides is 15. The van der Waals surface area contributed by atoms with Crippen LogP contribution in [0.25, 0.3) is 0 Å². The predicted octanol–water partition coefficient (Wildman–Crippen LogP) is -10.3. The number of carboxylic acid groups (broad SMARTS) is 5. The fourth-order valence-electron chi connectivity index (χ4n) is 9.38. The van der Waals surface area contributed by atoms with Crippen molar-refractivity contribution >= 4 is 132 Å². The van der Waals surface area contributed by atoms with Gasteiger partial charge in [-0.25, -0.2) is 9.36 Å². The van der Waals surface area contributed by atoms with Crippen LogP contribution in [0.5, 0.6) is 0 Å². The molecule has 15 amide bonds. The average Bonchev–Trinajstić information content (AvgIpc) is 0.858. The molecule has 28 N–H and O–H groups in total. The Kier molecular flexibility index (Phi) is 43.6. The van der Waals surface area contributed by atoms with E-state index >= 15 is 0 Å². The summed E-state index contributed by atoms with van der Waals surface area (Å²) in [4.78, 5) is 280. The molecule has 0 heterocycles. The number of rotatable bonds is 53. The number of hydrogen-bond acceptors (Lipinski definition) is 24. The second-order valence-electron chi connectivity index (χ2n) is 25.6. The van der Waals surface area contributed by atoms with Gasteiger partial charge < -0.3 is 132 Å². The van der Waals surface area contributed by atoms with Crippen molar-refractivity contribution in [3.8, 4) is 0 Å². The summed E-state index contributed by atoms with van der Waals surface area (Å²) in [6.45, 7) is 2.82. The van der Waals surface area contributed by atoms with Crippen molar-refractivity contribution < 1.29 is 140 Å². The molecule has 1 rings (SSSR count). The van der Waals surface area contributed by atoms with E-state index in [9.17, 15) is 136 Å². The fourth-order valence-corrected chi connectivity index (χ4v) is 9.72. The highest BCUT2D eigenvalue weighted by Crippen LogP contribution is 2.35. The Morgan fingerprint density at radius 1 is 0.429 bits per heavy atom. The molecule has 624 valence electrons. The minimum absolute atomic E-state index is 0.0613. The normalized spacial score (nSPS) is 13.9. The Bertz CT molecular complexity index is 3610. The molecular formula is C63H98N19O29P. The van der Waals surface area contributed by atoms with Gasteiger partial charge in [0, 0.05) is 25.8 Å². The number of nitrogens with two attached hydrogens (primary N) is 3. The van der Waals surface area contributed by atoms with Crippen molar-refractivity contribution in [1.29, 1.82) is 0 Å². The maximum absolute atomic E-state index is 14.3. The van der Waals surface area contributed by atoms with Crippen LogP contribution in [-0.2, 0) is 111 Å². The topological polar surface area (TPSA) is 780 Å². The molecule has 0 aliphatic carbocycles. The lowest BCUT2D eigenvalue weighted by molar-refractivity contribution is -0.143. The summed E-state index contributed by atoms with van der Waals surface area (Å²) >= 11 is 0. The van der Waals surface area contributed by atoms with E-state index in [1.54, 1.807) is 45.9 Å². The number of carboxylic acids is 5. The SMILES string of the molecule is CC(C)CC(NC(=O)C(Cc1ccccc1)NC(=O)C(CC(=O)O)NC(=O)CNC(=O)C(CCC(=O)O)NC(=O)CNC(=O)C(COP(=O)(O)O)NC(=O)C(CC(=O)O)NC(=O)C(C)N)C(=O)NC(C)C(=O)NC(CCC(=O)O)C(=O)NCC(=O)NCC(=O)NCC(=O)NC(C(=O)NC(CCCN=C(N)N)C(=O)O)C(C)C. The third-order valence-corrected chi connectivity index (χ3v) is 15.6. The van der Waals surface area contributed by atoms with Gasteiger partial charge in [-0.2, -0.15) is 0 Å². The second-order valence-corrected chi connectivity index (χ2v) is 26.8. The van der Waals surface area contributed by atoms with E-state index in [2.05, 4.69) is 68.0 Å². The maximum atomic E-state index is 14.3. The van der Waals surface area contributed by atoms with Gasteiger partial charge in [-0.3, -0.25) is 101 Å². The Labute approximate surface area is 638 Å². The van der Waals surface area contributed by atoms with E-state index in [0.717, 1.165) is 6.92 Å². The van der Waals surface area contributed by atoms with Crippen LogP contribution in [0.3, 0.4) is 0 Å². The molecule has 49 heteroatoms. The first-order valence-electron chi connectivity index (χ1n) is 34.2. The molecule has 0 aromatic heterocycles. The molecule has 48 nitrogen and oxygen atoms in total. The molecule has 0 bridgehead atoms. The van der Waals surface area contributed by atoms with Gasteiger partial charge in [0.05, 0.1) is 58.2 Å². The average molecular weight is 1620 g/mol. The standard InChI is InChI=1S/C63H98N19O29P/c1-29(2)19-37(57(101)73-32(6)53(97)76-35(15-17-48(90)91)55(99)70-24-43(84)68-23-42(83)69-25-46(87)82-51(30(3)4)61(105)77-36(62(106)107)13-10-18-67-63(65)66)79-58(102)38(20-33-11-8-7-9-12-33)80-59(103)39(21-49(92)93)75-45(86)27-71-54(98)34(14-16-47(88)89)74-44(85)26-72-56(100)41(28-111-112(108,109)110)81-60(104)40(22-50(94)95)78-52(96)31(5)64/h7-9,11-12,29-32,34-41,51H,10,13-28,64H2,1-6H3,(H,68,84)(H,69,83)(H,70,99)(H,71,98)(H,72,100)(H,73,101)(H,74,85)(H,75,86)(H,76,97)(H,77,105)(H,78,96)(H,79,102)(H,80,103)(H,81,104)(H,82,87)(H,88,89)(H,90,91)(H,92,93)(H,94,95)(H,106,107)(H4,65,66,67)(H2,108,109,110). The summed E-state index contributed by atoms with van der Waals surface area (Å²) < 4.78 is 15.8. The number of aliphatic carboxylic acids is 5. The zero-order valence-corrected chi connectivity index (χ0v) is 62.5. The summed E-state index contributed by atoms with van der Waals surface area (Å²) in [5.41, 5.74) is 16.4. The number of guanidine groups is 1. The molecule has 0 saturated heterocycles. The Morgan fingerprint density at radius 2 is 0.830 bits per heavy atom. The smallest absolute Gasteiger partial charge is 0.469 e. The highest BCUT2D eigenvalue weighted by molar-refractivity contribution is 7.46. The molecule has 1 aromatic carbocycles. The number of carbonyl (C=O) groups is 20. The number of hydrogen-bond donors (Lipinski definition) is 25. The van der Waals surface area contributed by atoms with Crippen LogP contribution in [0.15, 0.2) is 35.3 Å². The van der Waals surface area contributed by atoms with E-state index in [4.69, 9.17) is 17.2 Å². The minimum Gasteiger partial charge on any atom is -0.481 e. The Morgan fingerprint density at radius 3 is 1.29 bits per heavy atom. The molecular weight excluding hydrogens is 1520 g/mol. The zero-order chi connectivity index (χ0) is 85.3. The lowest BCUT2D eigenvalue weighted by atomic mass is 10.0. The molecule has 0 aliphatic rings. The van der Waals surface area contributed by atoms with Crippen molar-refractivity contribution in [2.24, 2.45) is 34.0 Å². The lowest BCUT2D eigenvalue weighted by Gasteiger charge is -2.27. The Balaban J connectivity index is 3.23. The van der Waals surface area contributed by atoms with Crippen molar-refractivity contribution in [2.75, 3.05) is 45.9 Å². The molecule has 0 fully saturated rings. The highest BCUT2D eigenvalue weighted by atomic mass is 31.2. The van der Waals surface area contributed by atoms with E-state index in [0.29, 0.717) is 5.56 Å². The quantitative estimate of drug-likeness (QED) is 0.0125. The molecule has 11 unspecified atom stereocenters. The number of phosphoric acid groups is 1. The van der Waals surface area contributed by atoms with Crippen molar-refractivity contribution in [3.63, 3.8) is 0 Å². The summed E-state index contributed by atoms with van der Waals surface area (Å²) in [6, 6.07) is -10.6. The van der Waals surface area contributed by atoms with Crippen LogP contribution in [0.2, 0.25) is 0 Å². The van der Waals surface area contributed by atoms with Crippen molar-refractivity contribution in [2.45, 2.75) is 172 Å². The van der Waals surface area contributed by atoms with Gasteiger partial charge in [-0.1, -0.05) is 58.0 Å². The maximum Gasteiger partial charge on any atom is 0.469 e. The van der Waals surface area contributed by atoms with E-state index in [1.165, 1.54) is 19.1 Å². The molecule has 1 aromatic rings. The van der Waals surface area contributed by atoms with Gasteiger partial charge in [-0.15, -0.1) is 0 Å². The first-order chi connectivity index (χ1) is 52.2. The second kappa shape index (κ2) is 49.9.